The summed E-state index contributed by atoms with van der Waals surface area (Å²) in [4.78, 5) is 10.7. The molecule has 0 heterocycles. The summed E-state index contributed by atoms with van der Waals surface area (Å²) in [6.45, 7) is 3.12. The average molecular weight is 422 g/mol. The van der Waals surface area contributed by atoms with Gasteiger partial charge < -0.3 is 24.7 Å². The Hall–Kier alpha value is -3.13. The highest BCUT2D eigenvalue weighted by Crippen LogP contribution is 2.36. The highest BCUT2D eigenvalue weighted by atomic mass is 35.5. The molecule has 0 spiro atoms. The van der Waals surface area contributed by atoms with Crippen LogP contribution in [0.25, 0.3) is 0 Å². The van der Waals surface area contributed by atoms with Gasteiger partial charge >= 0.3 is 6.03 Å². The van der Waals surface area contributed by atoms with Gasteiger partial charge in [0.25, 0.3) is 0 Å². The summed E-state index contributed by atoms with van der Waals surface area (Å²) in [5.41, 5.74) is 7.71. The quantitative estimate of drug-likeness (QED) is 0.327. The molecule has 0 bridgehead atoms. The summed E-state index contributed by atoms with van der Waals surface area (Å²) in [5.74, 6) is 2.27. The second-order valence-corrected chi connectivity index (χ2v) is 6.11. The molecule has 0 fully saturated rings. The van der Waals surface area contributed by atoms with E-state index in [9.17, 15) is 4.79 Å². The van der Waals surface area contributed by atoms with Crippen molar-refractivity contribution in [2.75, 3.05) is 26.9 Å². The van der Waals surface area contributed by atoms with Crippen LogP contribution in [0.1, 0.15) is 18.9 Å². The fourth-order valence-electron chi connectivity index (χ4n) is 2.39. The Morgan fingerprint density at radius 3 is 2.55 bits per heavy atom. The highest BCUT2D eigenvalue weighted by Gasteiger charge is 2.12. The number of hydrogen-bond donors (Lipinski definition) is 2. The lowest BCUT2D eigenvalue weighted by Crippen LogP contribution is -2.24. The van der Waals surface area contributed by atoms with Crippen LogP contribution in [0.2, 0.25) is 5.02 Å². The van der Waals surface area contributed by atoms with Crippen LogP contribution >= 0.6 is 11.6 Å². The number of carbonyl (C=O) groups is 1. The predicted octanol–water partition coefficient (Wildman–Crippen LogP) is 3.60. The molecule has 2 amide bonds. The molecule has 29 heavy (non-hydrogen) atoms. The molecule has 0 unspecified atom stereocenters. The average Bonchev–Trinajstić information content (AvgIpc) is 2.69. The van der Waals surface area contributed by atoms with Gasteiger partial charge in [-0.2, -0.15) is 5.10 Å². The number of urea groups is 1. The number of amides is 2. The molecule has 2 aromatic carbocycles. The topological polar surface area (TPSA) is 104 Å². The van der Waals surface area contributed by atoms with Crippen LogP contribution in [0.3, 0.4) is 0 Å². The minimum absolute atomic E-state index is 0.363. The number of benzene rings is 2. The van der Waals surface area contributed by atoms with Crippen molar-refractivity contribution in [3.63, 3.8) is 0 Å². The molecule has 0 aliphatic heterocycles. The molecule has 0 aliphatic carbocycles. The number of methoxy groups -OCH3 is 1. The van der Waals surface area contributed by atoms with E-state index in [0.29, 0.717) is 59.8 Å². The largest absolute Gasteiger partial charge is 0.493 e. The van der Waals surface area contributed by atoms with E-state index >= 15 is 0 Å². The fourth-order valence-corrected chi connectivity index (χ4v) is 2.66. The van der Waals surface area contributed by atoms with E-state index in [1.54, 1.807) is 19.2 Å². The van der Waals surface area contributed by atoms with Crippen LogP contribution in [0, 0.1) is 0 Å². The molecular weight excluding hydrogens is 398 g/mol. The van der Waals surface area contributed by atoms with E-state index in [4.69, 9.17) is 36.3 Å². The van der Waals surface area contributed by atoms with Gasteiger partial charge in [-0.15, -0.1) is 0 Å². The maximum absolute atomic E-state index is 10.7. The van der Waals surface area contributed by atoms with Crippen molar-refractivity contribution in [3.8, 4) is 23.0 Å². The maximum Gasteiger partial charge on any atom is 0.332 e. The monoisotopic (exact) mass is 421 g/mol. The number of ether oxygens (including phenoxy) is 4. The highest BCUT2D eigenvalue weighted by molar-refractivity contribution is 6.32. The summed E-state index contributed by atoms with van der Waals surface area (Å²) < 4.78 is 22.4. The third kappa shape index (κ3) is 7.08. The number of carbonyl (C=O) groups excluding carboxylic acids is 1. The number of rotatable bonds is 11. The van der Waals surface area contributed by atoms with Crippen molar-refractivity contribution in [2.24, 2.45) is 10.8 Å². The van der Waals surface area contributed by atoms with E-state index < -0.39 is 6.03 Å². The molecule has 8 nitrogen and oxygen atoms in total. The maximum atomic E-state index is 10.7. The number of primary amides is 1. The van der Waals surface area contributed by atoms with Gasteiger partial charge in [0, 0.05) is 6.42 Å². The Morgan fingerprint density at radius 2 is 1.86 bits per heavy atom. The van der Waals surface area contributed by atoms with Gasteiger partial charge in [0.15, 0.2) is 23.0 Å². The van der Waals surface area contributed by atoms with E-state index in [1.807, 2.05) is 31.2 Å². The summed E-state index contributed by atoms with van der Waals surface area (Å²) in [7, 11) is 1.60. The van der Waals surface area contributed by atoms with Crippen molar-refractivity contribution < 1.29 is 23.7 Å². The van der Waals surface area contributed by atoms with Crippen molar-refractivity contribution >= 4 is 23.8 Å². The van der Waals surface area contributed by atoms with Gasteiger partial charge in [0.05, 0.1) is 38.2 Å². The fraction of sp³-hybridized carbons (Fsp3) is 0.300. The number of hydrogen-bond acceptors (Lipinski definition) is 6. The Bertz CT molecular complexity index is 845. The van der Waals surface area contributed by atoms with Crippen LogP contribution in [-0.2, 0) is 0 Å². The van der Waals surface area contributed by atoms with Crippen LogP contribution in [0.15, 0.2) is 41.5 Å². The lowest BCUT2D eigenvalue weighted by molar-refractivity contribution is 0.231. The number of hydrazone groups is 1. The first-order chi connectivity index (χ1) is 14.0. The van der Waals surface area contributed by atoms with E-state index in [1.165, 1.54) is 6.21 Å². The molecule has 0 saturated carbocycles. The second kappa shape index (κ2) is 11.7. The Morgan fingerprint density at radius 1 is 1.14 bits per heavy atom. The normalized spacial score (nSPS) is 10.6. The number of nitrogens with one attached hydrogen (secondary N) is 1. The Labute approximate surface area is 174 Å². The number of nitrogens with two attached hydrogens (primary N) is 1. The standard InChI is InChI=1S/C20H24ClN3O5/c1-3-27-18-12-14(13-23-24-20(22)25)11-15(21)19(18)29-10-6-9-28-17-8-5-4-7-16(17)26-2/h4-5,7-8,11-13H,3,6,9-10H2,1-2H3,(H3,22,24,25)/b23-13-. The zero-order valence-corrected chi connectivity index (χ0v) is 17.1. The molecule has 9 heteroatoms. The van der Waals surface area contributed by atoms with Crippen molar-refractivity contribution in [3.05, 3.63) is 47.0 Å². The van der Waals surface area contributed by atoms with E-state index in [2.05, 4.69) is 10.5 Å². The second-order valence-electron chi connectivity index (χ2n) is 5.70. The molecule has 0 atom stereocenters. The Kier molecular flexibility index (Phi) is 8.91. The van der Waals surface area contributed by atoms with Gasteiger partial charge in [-0.25, -0.2) is 10.2 Å². The number of nitrogens with zero attached hydrogens (tertiary/aromatic N) is 1. The van der Waals surface area contributed by atoms with Crippen LogP contribution in [-0.4, -0.2) is 39.2 Å². The van der Waals surface area contributed by atoms with Crippen molar-refractivity contribution in [1.29, 1.82) is 0 Å². The smallest absolute Gasteiger partial charge is 0.332 e. The molecule has 2 aromatic rings. The van der Waals surface area contributed by atoms with Gasteiger partial charge in [-0.3, -0.25) is 0 Å². The lowest BCUT2D eigenvalue weighted by atomic mass is 10.2. The Balaban J connectivity index is 1.95. The summed E-state index contributed by atoms with van der Waals surface area (Å²) in [6, 6.07) is 10.0. The SMILES string of the molecule is CCOc1cc(/C=N\NC(N)=O)cc(Cl)c1OCCCOc1ccccc1OC. The van der Waals surface area contributed by atoms with Crippen LogP contribution < -0.4 is 30.1 Å². The van der Waals surface area contributed by atoms with Crippen LogP contribution in [0.4, 0.5) is 4.79 Å². The molecular formula is C20H24ClN3O5. The molecule has 2 rings (SSSR count). The summed E-state index contributed by atoms with van der Waals surface area (Å²) >= 11 is 6.33. The molecule has 0 saturated heterocycles. The van der Waals surface area contributed by atoms with Gasteiger partial charge in [0.2, 0.25) is 0 Å². The summed E-state index contributed by atoms with van der Waals surface area (Å²) in [6.07, 6.45) is 2.04. The third-order valence-corrected chi connectivity index (χ3v) is 3.86. The minimum Gasteiger partial charge on any atom is -0.493 e. The number of para-hydroxylation sites is 2. The number of halogens is 1. The molecule has 0 radical (unpaired) electrons. The minimum atomic E-state index is -0.757. The molecule has 3 N–H and O–H groups in total. The van der Waals surface area contributed by atoms with Crippen LogP contribution in [0.5, 0.6) is 23.0 Å². The van der Waals surface area contributed by atoms with E-state index in [-0.39, 0.29) is 0 Å². The van der Waals surface area contributed by atoms with Gasteiger partial charge in [-0.1, -0.05) is 23.7 Å². The molecule has 0 aromatic heterocycles. The zero-order chi connectivity index (χ0) is 21.1. The zero-order valence-electron chi connectivity index (χ0n) is 16.3. The molecule has 156 valence electrons. The molecule has 0 aliphatic rings. The first kappa shape index (κ1) is 22.2. The summed E-state index contributed by atoms with van der Waals surface area (Å²) in [5, 5.41) is 4.07. The van der Waals surface area contributed by atoms with Crippen molar-refractivity contribution in [2.45, 2.75) is 13.3 Å². The third-order valence-electron chi connectivity index (χ3n) is 3.58. The first-order valence-electron chi connectivity index (χ1n) is 8.98. The first-order valence-corrected chi connectivity index (χ1v) is 9.36. The predicted molar refractivity (Wildman–Crippen MR) is 112 cm³/mol. The van der Waals surface area contributed by atoms with Gasteiger partial charge in [-0.05, 0) is 36.8 Å². The van der Waals surface area contributed by atoms with Crippen molar-refractivity contribution in [1.82, 2.24) is 5.43 Å². The lowest BCUT2D eigenvalue weighted by Gasteiger charge is -2.15. The van der Waals surface area contributed by atoms with Gasteiger partial charge in [0.1, 0.15) is 0 Å². The van der Waals surface area contributed by atoms with E-state index in [0.717, 1.165) is 0 Å².